The molecule has 0 atom stereocenters. The second kappa shape index (κ2) is 7.22. The molecule has 1 heterocycles. The molecule has 1 N–H and O–H groups in total. The molecule has 0 saturated carbocycles. The Morgan fingerprint density at radius 1 is 1.38 bits per heavy atom. The fourth-order valence-corrected chi connectivity index (χ4v) is 2.25. The Hall–Kier alpha value is -1.88. The van der Waals surface area contributed by atoms with Gasteiger partial charge >= 0.3 is 5.97 Å². The van der Waals surface area contributed by atoms with E-state index >= 15 is 0 Å². The lowest BCUT2D eigenvalue weighted by atomic mass is 10.1. The lowest BCUT2D eigenvalue weighted by Crippen LogP contribution is -2.22. The van der Waals surface area contributed by atoms with Gasteiger partial charge in [-0.05, 0) is 38.1 Å². The summed E-state index contributed by atoms with van der Waals surface area (Å²) in [5.74, 6) is 0.770. The first-order valence-corrected chi connectivity index (χ1v) is 7.44. The molecule has 114 valence electrons. The zero-order valence-corrected chi connectivity index (χ0v) is 13.0. The largest absolute Gasteiger partial charge is 0.466 e. The molecule has 2 aromatic rings. The number of imidazole rings is 1. The molecule has 0 saturated heterocycles. The second-order valence-electron chi connectivity index (χ2n) is 5.18. The lowest BCUT2D eigenvalue weighted by molar-refractivity contribution is -0.143. The van der Waals surface area contributed by atoms with E-state index in [-0.39, 0.29) is 5.97 Å². The van der Waals surface area contributed by atoms with Crippen molar-refractivity contribution in [3.8, 4) is 0 Å². The van der Waals surface area contributed by atoms with Crippen LogP contribution >= 0.6 is 0 Å². The van der Waals surface area contributed by atoms with Crippen molar-refractivity contribution in [2.45, 2.75) is 33.2 Å². The number of carbonyl (C=O) groups is 1. The van der Waals surface area contributed by atoms with Gasteiger partial charge in [0.1, 0.15) is 5.82 Å². The summed E-state index contributed by atoms with van der Waals surface area (Å²) in [6, 6.07) is 6.30. The monoisotopic (exact) mass is 289 g/mol. The predicted molar refractivity (Wildman–Crippen MR) is 83.1 cm³/mol. The van der Waals surface area contributed by atoms with Crippen LogP contribution in [0.15, 0.2) is 18.2 Å². The van der Waals surface area contributed by atoms with Gasteiger partial charge in [0.15, 0.2) is 0 Å². The number of carbonyl (C=O) groups excluding carboxylic acids is 1. The van der Waals surface area contributed by atoms with Crippen LogP contribution in [0.3, 0.4) is 0 Å². The van der Waals surface area contributed by atoms with E-state index < -0.39 is 0 Å². The highest BCUT2D eigenvalue weighted by molar-refractivity contribution is 5.75. The van der Waals surface area contributed by atoms with Gasteiger partial charge in [-0.1, -0.05) is 13.0 Å². The zero-order chi connectivity index (χ0) is 15.2. The molecule has 5 nitrogen and oxygen atoms in total. The highest BCUT2D eigenvalue weighted by Crippen LogP contribution is 2.15. The summed E-state index contributed by atoms with van der Waals surface area (Å²) in [5.41, 5.74) is 3.36. The highest BCUT2D eigenvalue weighted by Gasteiger charge is 2.09. The Kier molecular flexibility index (Phi) is 5.33. The van der Waals surface area contributed by atoms with Crippen LogP contribution < -0.4 is 0 Å². The summed E-state index contributed by atoms with van der Waals surface area (Å²) >= 11 is 0. The SMILES string of the molecule is CCOC(=O)CCN(C)Cc1nc2ccc(CC)cc2[nH]1. The van der Waals surface area contributed by atoms with Gasteiger partial charge in [-0.15, -0.1) is 0 Å². The third-order valence-electron chi connectivity index (χ3n) is 3.43. The van der Waals surface area contributed by atoms with Gasteiger partial charge in [-0.2, -0.15) is 0 Å². The topological polar surface area (TPSA) is 58.2 Å². The summed E-state index contributed by atoms with van der Waals surface area (Å²) in [7, 11) is 1.98. The molecule has 0 unspecified atom stereocenters. The van der Waals surface area contributed by atoms with Gasteiger partial charge in [-0.25, -0.2) is 4.98 Å². The Labute approximate surface area is 125 Å². The third kappa shape index (κ3) is 4.29. The van der Waals surface area contributed by atoms with E-state index in [1.54, 1.807) is 0 Å². The molecule has 2 rings (SSSR count). The standard InChI is InChI=1S/C16H23N3O2/c1-4-12-6-7-13-14(10-12)18-15(17-13)11-19(3)9-8-16(20)21-5-2/h6-7,10H,4-5,8-9,11H2,1-3H3,(H,17,18). The molecule has 0 aliphatic carbocycles. The molecular formula is C16H23N3O2. The van der Waals surface area contributed by atoms with E-state index in [0.717, 1.165) is 23.3 Å². The first kappa shape index (κ1) is 15.5. The molecule has 0 fully saturated rings. The minimum atomic E-state index is -0.151. The molecule has 0 radical (unpaired) electrons. The minimum Gasteiger partial charge on any atom is -0.466 e. The number of fused-ring (bicyclic) bond motifs is 1. The number of esters is 1. The van der Waals surface area contributed by atoms with Gasteiger partial charge in [0.05, 0.1) is 30.6 Å². The van der Waals surface area contributed by atoms with Crippen LogP contribution in [0.25, 0.3) is 11.0 Å². The quantitative estimate of drug-likeness (QED) is 0.796. The number of aromatic nitrogens is 2. The molecule has 5 heteroatoms. The van der Waals surface area contributed by atoms with E-state index in [2.05, 4.69) is 33.9 Å². The Morgan fingerprint density at radius 2 is 2.19 bits per heavy atom. The number of hydrogen-bond donors (Lipinski definition) is 1. The average molecular weight is 289 g/mol. The molecule has 0 aliphatic rings. The molecule has 21 heavy (non-hydrogen) atoms. The maximum absolute atomic E-state index is 11.3. The van der Waals surface area contributed by atoms with E-state index in [1.807, 2.05) is 20.0 Å². The van der Waals surface area contributed by atoms with E-state index in [0.29, 0.717) is 26.1 Å². The zero-order valence-electron chi connectivity index (χ0n) is 13.0. The van der Waals surface area contributed by atoms with Gasteiger partial charge in [-0.3, -0.25) is 9.69 Å². The van der Waals surface area contributed by atoms with Crippen molar-refractivity contribution in [3.05, 3.63) is 29.6 Å². The van der Waals surface area contributed by atoms with Crippen LogP contribution in [0.2, 0.25) is 0 Å². The molecule has 0 spiro atoms. The van der Waals surface area contributed by atoms with E-state index in [4.69, 9.17) is 4.74 Å². The normalized spacial score (nSPS) is 11.2. The number of nitrogens with one attached hydrogen (secondary N) is 1. The third-order valence-corrected chi connectivity index (χ3v) is 3.43. The van der Waals surface area contributed by atoms with E-state index in [9.17, 15) is 4.79 Å². The molecule has 0 bridgehead atoms. The van der Waals surface area contributed by atoms with Crippen molar-refractivity contribution >= 4 is 17.0 Å². The average Bonchev–Trinajstić information content (AvgIpc) is 2.86. The predicted octanol–water partition coefficient (Wildman–Crippen LogP) is 2.51. The van der Waals surface area contributed by atoms with Gasteiger partial charge < -0.3 is 9.72 Å². The first-order chi connectivity index (χ1) is 10.1. The van der Waals surface area contributed by atoms with Crippen molar-refractivity contribution < 1.29 is 9.53 Å². The number of ether oxygens (including phenoxy) is 1. The van der Waals surface area contributed by atoms with Crippen LogP contribution in [0, 0.1) is 0 Å². The maximum Gasteiger partial charge on any atom is 0.307 e. The van der Waals surface area contributed by atoms with Crippen molar-refractivity contribution in [1.29, 1.82) is 0 Å². The number of H-pyrrole nitrogens is 1. The van der Waals surface area contributed by atoms with Crippen LogP contribution in [0.1, 0.15) is 31.7 Å². The van der Waals surface area contributed by atoms with Crippen molar-refractivity contribution in [1.82, 2.24) is 14.9 Å². The summed E-state index contributed by atoms with van der Waals surface area (Å²) < 4.78 is 4.93. The van der Waals surface area contributed by atoms with Crippen LogP contribution in [0.4, 0.5) is 0 Å². The summed E-state index contributed by atoms with van der Waals surface area (Å²) in [5, 5.41) is 0. The van der Waals surface area contributed by atoms with Gasteiger partial charge in [0.25, 0.3) is 0 Å². The Bertz CT molecular complexity index is 607. The molecule has 0 amide bonds. The highest BCUT2D eigenvalue weighted by atomic mass is 16.5. The smallest absolute Gasteiger partial charge is 0.307 e. The Morgan fingerprint density at radius 3 is 2.90 bits per heavy atom. The summed E-state index contributed by atoms with van der Waals surface area (Å²) in [6.45, 7) is 5.75. The van der Waals surface area contributed by atoms with Gasteiger partial charge in [0, 0.05) is 6.54 Å². The number of aromatic amines is 1. The maximum atomic E-state index is 11.3. The minimum absolute atomic E-state index is 0.151. The van der Waals surface area contributed by atoms with E-state index in [1.165, 1.54) is 5.56 Å². The number of hydrogen-bond acceptors (Lipinski definition) is 4. The molecular weight excluding hydrogens is 266 g/mol. The Balaban J connectivity index is 1.94. The number of nitrogens with zero attached hydrogens (tertiary/aromatic N) is 2. The second-order valence-corrected chi connectivity index (χ2v) is 5.18. The van der Waals surface area contributed by atoms with Crippen molar-refractivity contribution in [2.24, 2.45) is 0 Å². The van der Waals surface area contributed by atoms with Crippen LogP contribution in [-0.4, -0.2) is 41.0 Å². The number of rotatable bonds is 7. The fourth-order valence-electron chi connectivity index (χ4n) is 2.25. The molecule has 1 aromatic carbocycles. The summed E-state index contributed by atoms with van der Waals surface area (Å²) in [4.78, 5) is 21.3. The number of benzene rings is 1. The fraction of sp³-hybridized carbons (Fsp3) is 0.500. The van der Waals surface area contributed by atoms with Gasteiger partial charge in [0.2, 0.25) is 0 Å². The number of aryl methyl sites for hydroxylation is 1. The molecule has 0 aliphatic heterocycles. The molecule has 1 aromatic heterocycles. The van der Waals surface area contributed by atoms with Crippen LogP contribution in [-0.2, 0) is 22.5 Å². The van der Waals surface area contributed by atoms with Crippen molar-refractivity contribution in [3.63, 3.8) is 0 Å². The van der Waals surface area contributed by atoms with Crippen LogP contribution in [0.5, 0.6) is 0 Å². The lowest BCUT2D eigenvalue weighted by Gasteiger charge is -2.14. The van der Waals surface area contributed by atoms with Crippen molar-refractivity contribution in [2.75, 3.05) is 20.2 Å². The first-order valence-electron chi connectivity index (χ1n) is 7.44. The summed E-state index contributed by atoms with van der Waals surface area (Å²) in [6.07, 6.45) is 1.42.